The third-order valence-electron chi connectivity index (χ3n) is 5.74. The van der Waals surface area contributed by atoms with Crippen molar-refractivity contribution in [3.05, 3.63) is 11.6 Å². The molecule has 2 aliphatic rings. The molecular formula is C17H30O2. The van der Waals surface area contributed by atoms with Gasteiger partial charge in [-0.15, -0.1) is 0 Å². The van der Waals surface area contributed by atoms with Gasteiger partial charge in [-0.3, -0.25) is 0 Å². The predicted molar refractivity (Wildman–Crippen MR) is 79.0 cm³/mol. The van der Waals surface area contributed by atoms with E-state index in [0.29, 0.717) is 23.9 Å². The largest absolute Gasteiger partial charge is 0.396 e. The summed E-state index contributed by atoms with van der Waals surface area (Å²) in [5, 5.41) is 9.91. The van der Waals surface area contributed by atoms with Crippen LogP contribution in [-0.4, -0.2) is 24.4 Å². The molecule has 1 aliphatic carbocycles. The van der Waals surface area contributed by atoms with E-state index in [9.17, 15) is 5.11 Å². The number of unbranched alkanes of at least 4 members (excludes halogenated alkanes) is 2. The molecule has 1 aliphatic heterocycles. The van der Waals surface area contributed by atoms with Crippen LogP contribution in [0.1, 0.15) is 53.4 Å². The summed E-state index contributed by atoms with van der Waals surface area (Å²) in [5.74, 6) is 1.45. The van der Waals surface area contributed by atoms with Crippen molar-refractivity contribution in [2.24, 2.45) is 23.2 Å². The van der Waals surface area contributed by atoms with Gasteiger partial charge in [0.15, 0.2) is 0 Å². The van der Waals surface area contributed by atoms with Gasteiger partial charge in [-0.05, 0) is 25.2 Å². The van der Waals surface area contributed by atoms with Crippen molar-refractivity contribution in [1.29, 1.82) is 0 Å². The second-order valence-electron chi connectivity index (χ2n) is 6.75. The van der Waals surface area contributed by atoms with Gasteiger partial charge in [0.05, 0.1) is 19.3 Å². The Kier molecular flexibility index (Phi) is 4.73. The molecule has 1 fully saturated rings. The first-order valence-electron chi connectivity index (χ1n) is 7.97. The molecule has 19 heavy (non-hydrogen) atoms. The maximum absolute atomic E-state index is 9.91. The van der Waals surface area contributed by atoms with E-state index in [2.05, 4.69) is 33.8 Å². The Morgan fingerprint density at radius 1 is 1.37 bits per heavy atom. The quantitative estimate of drug-likeness (QED) is 0.606. The molecule has 110 valence electrons. The number of allylic oxidation sites excluding steroid dienone is 1. The van der Waals surface area contributed by atoms with Gasteiger partial charge in [0.1, 0.15) is 0 Å². The maximum atomic E-state index is 9.91. The molecule has 0 radical (unpaired) electrons. The molecule has 2 nitrogen and oxygen atoms in total. The number of hydrogen-bond acceptors (Lipinski definition) is 2. The first-order valence-corrected chi connectivity index (χ1v) is 7.97. The number of hydrogen-bond donors (Lipinski definition) is 1. The van der Waals surface area contributed by atoms with E-state index in [1.165, 1.54) is 31.3 Å². The minimum Gasteiger partial charge on any atom is -0.396 e. The zero-order valence-corrected chi connectivity index (χ0v) is 13.0. The predicted octanol–water partition coefficient (Wildman–Crippen LogP) is 3.79. The van der Waals surface area contributed by atoms with Crippen LogP contribution in [0.4, 0.5) is 0 Å². The van der Waals surface area contributed by atoms with Gasteiger partial charge in [-0.25, -0.2) is 0 Å². The number of aliphatic hydroxyl groups is 1. The van der Waals surface area contributed by atoms with E-state index in [1.54, 1.807) is 0 Å². The van der Waals surface area contributed by atoms with E-state index in [4.69, 9.17) is 4.74 Å². The van der Waals surface area contributed by atoms with E-state index < -0.39 is 0 Å². The fourth-order valence-corrected chi connectivity index (χ4v) is 4.27. The van der Waals surface area contributed by atoms with Crippen LogP contribution in [-0.2, 0) is 4.74 Å². The fourth-order valence-electron chi connectivity index (χ4n) is 4.27. The molecule has 0 spiro atoms. The van der Waals surface area contributed by atoms with Crippen LogP contribution < -0.4 is 0 Å². The average Bonchev–Trinajstić information content (AvgIpc) is 2.38. The Labute approximate surface area is 118 Å². The topological polar surface area (TPSA) is 29.5 Å². The molecule has 5 atom stereocenters. The third-order valence-corrected chi connectivity index (χ3v) is 5.74. The van der Waals surface area contributed by atoms with Crippen LogP contribution in [0.15, 0.2) is 11.6 Å². The molecule has 0 saturated carbocycles. The zero-order chi connectivity index (χ0) is 14.0. The Balaban J connectivity index is 2.17. The molecule has 2 rings (SSSR count). The Morgan fingerprint density at radius 2 is 2.11 bits per heavy atom. The van der Waals surface area contributed by atoms with Gasteiger partial charge in [0.2, 0.25) is 0 Å². The summed E-state index contributed by atoms with van der Waals surface area (Å²) < 4.78 is 6.20. The Morgan fingerprint density at radius 3 is 2.74 bits per heavy atom. The highest BCUT2D eigenvalue weighted by Gasteiger charge is 2.52. The van der Waals surface area contributed by atoms with Crippen molar-refractivity contribution in [1.82, 2.24) is 0 Å². The van der Waals surface area contributed by atoms with Crippen LogP contribution in [0.5, 0.6) is 0 Å². The minimum absolute atomic E-state index is 0.0502. The lowest BCUT2D eigenvalue weighted by Gasteiger charge is -2.55. The Hall–Kier alpha value is -0.340. The molecule has 2 heteroatoms. The molecule has 0 amide bonds. The molecular weight excluding hydrogens is 236 g/mol. The zero-order valence-electron chi connectivity index (χ0n) is 13.0. The van der Waals surface area contributed by atoms with Crippen LogP contribution in [0.2, 0.25) is 0 Å². The monoisotopic (exact) mass is 266 g/mol. The highest BCUT2D eigenvalue weighted by atomic mass is 16.5. The molecule has 0 unspecified atom stereocenters. The summed E-state index contributed by atoms with van der Waals surface area (Å²) in [4.78, 5) is 0. The van der Waals surface area contributed by atoms with Crippen molar-refractivity contribution < 1.29 is 9.84 Å². The second kappa shape index (κ2) is 5.97. The van der Waals surface area contributed by atoms with Gasteiger partial charge in [0, 0.05) is 11.3 Å². The first-order chi connectivity index (χ1) is 9.06. The van der Waals surface area contributed by atoms with E-state index in [-0.39, 0.29) is 12.0 Å². The van der Waals surface area contributed by atoms with Gasteiger partial charge in [-0.1, -0.05) is 51.7 Å². The van der Waals surface area contributed by atoms with Crippen molar-refractivity contribution >= 4 is 0 Å². The van der Waals surface area contributed by atoms with Gasteiger partial charge >= 0.3 is 0 Å². The first kappa shape index (κ1) is 15.1. The van der Waals surface area contributed by atoms with Crippen molar-refractivity contribution in [3.8, 4) is 0 Å². The van der Waals surface area contributed by atoms with E-state index >= 15 is 0 Å². The maximum Gasteiger partial charge on any atom is 0.0643 e. The van der Waals surface area contributed by atoms with Crippen LogP contribution in [0.25, 0.3) is 0 Å². The molecule has 0 aromatic rings. The summed E-state index contributed by atoms with van der Waals surface area (Å²) in [6.07, 6.45) is 7.74. The molecule has 0 aromatic carbocycles. The summed E-state index contributed by atoms with van der Waals surface area (Å²) in [7, 11) is 0. The highest BCUT2D eigenvalue weighted by molar-refractivity contribution is 5.20. The molecule has 0 aromatic heterocycles. The van der Waals surface area contributed by atoms with E-state index in [1.807, 2.05) is 0 Å². The van der Waals surface area contributed by atoms with Crippen LogP contribution in [0, 0.1) is 23.2 Å². The minimum atomic E-state index is -0.0502. The van der Waals surface area contributed by atoms with Gasteiger partial charge < -0.3 is 9.84 Å². The fraction of sp³-hybridized carbons (Fsp3) is 0.882. The molecule has 1 N–H and O–H groups in total. The van der Waals surface area contributed by atoms with E-state index in [0.717, 1.165) is 6.61 Å². The van der Waals surface area contributed by atoms with Crippen molar-refractivity contribution in [3.63, 3.8) is 0 Å². The lowest BCUT2D eigenvalue weighted by molar-refractivity contribution is -0.164. The Bertz CT molecular complexity index is 336. The van der Waals surface area contributed by atoms with Crippen molar-refractivity contribution in [2.75, 3.05) is 13.2 Å². The standard InChI is InChI=1S/C17H30O2/c1-5-6-7-8-15-16-12(2)9-13(3)17(10-18,11-19-15)14(16)4/h9,13-16,18H,5-8,10-11H2,1-4H3/t13-,14+,15+,16-,17+/m1/s1. The number of ether oxygens (including phenoxy) is 1. The molecule has 2 bridgehead atoms. The van der Waals surface area contributed by atoms with Crippen molar-refractivity contribution in [2.45, 2.75) is 59.5 Å². The summed E-state index contributed by atoms with van der Waals surface area (Å²) in [5.41, 5.74) is 1.43. The smallest absolute Gasteiger partial charge is 0.0643 e. The van der Waals surface area contributed by atoms with Crippen LogP contribution in [0.3, 0.4) is 0 Å². The molecule has 1 heterocycles. The summed E-state index contributed by atoms with van der Waals surface area (Å²) >= 11 is 0. The highest BCUT2D eigenvalue weighted by Crippen LogP contribution is 2.52. The van der Waals surface area contributed by atoms with Gasteiger partial charge in [0.25, 0.3) is 0 Å². The van der Waals surface area contributed by atoms with Crippen LogP contribution >= 0.6 is 0 Å². The normalized spacial score (nSPS) is 42.1. The number of aliphatic hydroxyl groups excluding tert-OH is 1. The molecule has 1 saturated heterocycles. The number of fused-ring (bicyclic) bond motifs is 2. The third kappa shape index (κ3) is 2.50. The summed E-state index contributed by atoms with van der Waals surface area (Å²) in [6, 6.07) is 0. The summed E-state index contributed by atoms with van der Waals surface area (Å²) in [6.45, 7) is 10.0. The lowest BCUT2D eigenvalue weighted by Crippen LogP contribution is -2.56. The lowest BCUT2D eigenvalue weighted by atomic mass is 9.56. The average molecular weight is 266 g/mol. The SMILES string of the molecule is CCCCC[C@@H]1OC[C@@]2(CO)[C@H](C)C=C(C)[C@@H]1[C@@H]2C. The van der Waals surface area contributed by atoms with Gasteiger partial charge in [-0.2, -0.15) is 0 Å². The second-order valence-corrected chi connectivity index (χ2v) is 6.75. The number of rotatable bonds is 5.